The van der Waals surface area contributed by atoms with Gasteiger partial charge in [-0.25, -0.2) is 0 Å². The van der Waals surface area contributed by atoms with E-state index in [1.165, 1.54) is 23.2 Å². The molecule has 1 aliphatic rings. The molecule has 1 unspecified atom stereocenters. The number of aromatic nitrogens is 3. The quantitative estimate of drug-likeness (QED) is 0.518. The fourth-order valence-corrected chi connectivity index (χ4v) is 4.42. The van der Waals surface area contributed by atoms with Crippen LogP contribution >= 0.6 is 0 Å². The second-order valence-corrected chi connectivity index (χ2v) is 8.35. The van der Waals surface area contributed by atoms with E-state index < -0.39 is 29.5 Å². The van der Waals surface area contributed by atoms with Gasteiger partial charge < -0.3 is 30.2 Å². The molecule has 34 heavy (non-hydrogen) atoms. The first kappa shape index (κ1) is 23.6. The number of aromatic amines is 1. The maximum absolute atomic E-state index is 12.8. The first-order valence-electron chi connectivity index (χ1n) is 10.7. The summed E-state index contributed by atoms with van der Waals surface area (Å²) in [5, 5.41) is 28.6. The number of nitrogens with one attached hydrogen (secondary N) is 2. The number of fused-ring (bicyclic) bond motifs is 1. The van der Waals surface area contributed by atoms with Crippen LogP contribution in [0.2, 0.25) is 0 Å². The summed E-state index contributed by atoms with van der Waals surface area (Å²) in [7, 11) is 0. The Labute approximate surface area is 191 Å². The SMILES string of the molecule is CCC1(n2nc(Nc3ccc(C(O)C(F)(F)F)cc3)c3c(=O)[nH]ccc32)CCN(C(=O)[O-])CC1. The van der Waals surface area contributed by atoms with E-state index in [9.17, 15) is 33.0 Å². The number of hydrogen-bond acceptors (Lipinski definition) is 6. The Morgan fingerprint density at radius 1 is 1.26 bits per heavy atom. The number of carbonyl (C=O) groups excluding carboxylic acids is 1. The number of likely N-dealkylation sites (tertiary alicyclic amines) is 1. The minimum atomic E-state index is -4.78. The summed E-state index contributed by atoms with van der Waals surface area (Å²) in [6.07, 6.45) is -5.51. The van der Waals surface area contributed by atoms with E-state index in [2.05, 4.69) is 15.4 Å². The fraction of sp³-hybridized carbons (Fsp3) is 0.409. The number of halogens is 3. The maximum atomic E-state index is 12.8. The molecule has 0 saturated carbocycles. The molecule has 3 aromatic rings. The zero-order chi connectivity index (χ0) is 24.7. The number of anilines is 2. The molecule has 3 N–H and O–H groups in total. The lowest BCUT2D eigenvalue weighted by Gasteiger charge is -2.42. The van der Waals surface area contributed by atoms with Crippen LogP contribution in [-0.4, -0.2) is 50.1 Å². The van der Waals surface area contributed by atoms with Crippen LogP contribution in [0.15, 0.2) is 41.3 Å². The van der Waals surface area contributed by atoms with Gasteiger partial charge in [-0.1, -0.05) is 19.1 Å². The lowest BCUT2D eigenvalue weighted by molar-refractivity contribution is -0.267. The number of aliphatic hydroxyl groups excluding tert-OH is 1. The number of hydrogen-bond donors (Lipinski definition) is 3. The van der Waals surface area contributed by atoms with Crippen molar-refractivity contribution in [1.29, 1.82) is 0 Å². The van der Waals surface area contributed by atoms with Crippen LogP contribution in [0.5, 0.6) is 0 Å². The first-order valence-corrected chi connectivity index (χ1v) is 10.7. The van der Waals surface area contributed by atoms with Crippen molar-refractivity contribution in [2.24, 2.45) is 0 Å². The van der Waals surface area contributed by atoms with Crippen molar-refractivity contribution in [3.63, 3.8) is 0 Å². The van der Waals surface area contributed by atoms with Crippen molar-refractivity contribution >= 4 is 28.5 Å². The normalized spacial score (nSPS) is 17.0. The highest BCUT2D eigenvalue weighted by Gasteiger charge is 2.39. The summed E-state index contributed by atoms with van der Waals surface area (Å²) < 4.78 is 40.0. The summed E-state index contributed by atoms with van der Waals surface area (Å²) in [6.45, 7) is 2.51. The van der Waals surface area contributed by atoms with Crippen molar-refractivity contribution in [2.45, 2.75) is 44.0 Å². The number of rotatable bonds is 5. The van der Waals surface area contributed by atoms with Crippen LogP contribution in [0.1, 0.15) is 37.9 Å². The molecular weight excluding hydrogens is 455 g/mol. The second kappa shape index (κ2) is 8.67. The molecule has 0 radical (unpaired) electrons. The molecule has 0 aliphatic carbocycles. The lowest BCUT2D eigenvalue weighted by Crippen LogP contribution is -2.51. The Morgan fingerprint density at radius 3 is 2.47 bits per heavy atom. The zero-order valence-electron chi connectivity index (χ0n) is 18.2. The standard InChI is InChI=1S/C22H24F3N5O4/c1-2-21(8-11-29(12-9-21)20(33)34)30-15-7-10-26-19(32)16(15)18(28-30)27-14-5-3-13(4-6-14)17(31)22(23,24)25/h3-7,10,17,31H,2,8-9,11-12H2,1H3,(H,26,32)(H,27,28)(H,33,34)/p-1. The van der Waals surface area contributed by atoms with Crippen molar-refractivity contribution in [1.82, 2.24) is 19.7 Å². The third-order valence-corrected chi connectivity index (χ3v) is 6.46. The van der Waals surface area contributed by atoms with Gasteiger partial charge in [0, 0.05) is 25.0 Å². The van der Waals surface area contributed by atoms with Crippen LogP contribution < -0.4 is 16.0 Å². The average Bonchev–Trinajstić information content (AvgIpc) is 3.18. The predicted molar refractivity (Wildman–Crippen MR) is 116 cm³/mol. The molecule has 3 heterocycles. The van der Waals surface area contributed by atoms with Crippen LogP contribution in [0.3, 0.4) is 0 Å². The number of amides is 1. The Kier molecular flexibility index (Phi) is 6.02. The number of pyridine rings is 1. The van der Waals surface area contributed by atoms with E-state index in [4.69, 9.17) is 0 Å². The zero-order valence-corrected chi connectivity index (χ0v) is 18.2. The molecule has 1 amide bonds. The number of aliphatic hydroxyl groups is 1. The highest BCUT2D eigenvalue weighted by molar-refractivity contribution is 5.91. The smallest absolute Gasteiger partial charge is 0.418 e. The molecule has 0 spiro atoms. The predicted octanol–water partition coefficient (Wildman–Crippen LogP) is 2.61. The molecule has 12 heteroatoms. The molecule has 182 valence electrons. The Morgan fingerprint density at radius 2 is 1.91 bits per heavy atom. The molecular formula is C22H23F3N5O4-. The summed E-state index contributed by atoms with van der Waals surface area (Å²) in [6, 6.07) is 6.72. The van der Waals surface area contributed by atoms with E-state index in [0.717, 1.165) is 12.1 Å². The summed E-state index contributed by atoms with van der Waals surface area (Å²) in [5.41, 5.74) is -0.299. The monoisotopic (exact) mass is 478 g/mol. The highest BCUT2D eigenvalue weighted by Crippen LogP contribution is 2.38. The van der Waals surface area contributed by atoms with Gasteiger partial charge in [0.15, 0.2) is 11.9 Å². The van der Waals surface area contributed by atoms with Gasteiger partial charge in [0.2, 0.25) is 0 Å². The third kappa shape index (κ3) is 4.20. The minimum Gasteiger partial charge on any atom is -0.530 e. The van der Waals surface area contributed by atoms with Crippen molar-refractivity contribution < 1.29 is 28.2 Å². The number of piperidine rings is 1. The van der Waals surface area contributed by atoms with Crippen molar-refractivity contribution in [3.8, 4) is 0 Å². The van der Waals surface area contributed by atoms with Crippen LogP contribution in [0.25, 0.3) is 10.9 Å². The van der Waals surface area contributed by atoms with Crippen LogP contribution in [-0.2, 0) is 5.54 Å². The number of nitrogens with zero attached hydrogens (tertiary/aromatic N) is 3. The maximum Gasteiger partial charge on any atom is 0.418 e. The molecule has 1 aromatic carbocycles. The number of H-pyrrole nitrogens is 1. The molecule has 9 nitrogen and oxygen atoms in total. The molecule has 1 aliphatic heterocycles. The largest absolute Gasteiger partial charge is 0.530 e. The van der Waals surface area contributed by atoms with Gasteiger partial charge in [0.25, 0.3) is 5.56 Å². The number of carboxylic acid groups (broad SMARTS) is 1. The van der Waals surface area contributed by atoms with Gasteiger partial charge in [-0.15, -0.1) is 0 Å². The highest BCUT2D eigenvalue weighted by atomic mass is 19.4. The number of benzene rings is 1. The van der Waals surface area contributed by atoms with Gasteiger partial charge in [-0.3, -0.25) is 9.48 Å². The van der Waals surface area contributed by atoms with E-state index in [0.29, 0.717) is 30.5 Å². The van der Waals surface area contributed by atoms with Gasteiger partial charge in [-0.2, -0.15) is 18.3 Å². The molecule has 1 saturated heterocycles. The van der Waals surface area contributed by atoms with Gasteiger partial charge in [0.1, 0.15) is 11.5 Å². The summed E-state index contributed by atoms with van der Waals surface area (Å²) in [5.74, 6) is 0.219. The average molecular weight is 478 g/mol. The van der Waals surface area contributed by atoms with Crippen molar-refractivity contribution in [2.75, 3.05) is 18.4 Å². The Hall–Kier alpha value is -3.54. The third-order valence-electron chi connectivity index (χ3n) is 6.46. The van der Waals surface area contributed by atoms with Gasteiger partial charge >= 0.3 is 6.18 Å². The second-order valence-electron chi connectivity index (χ2n) is 8.35. The van der Waals surface area contributed by atoms with E-state index >= 15 is 0 Å². The molecule has 1 fully saturated rings. The molecule has 2 aromatic heterocycles. The Bertz CT molecular complexity index is 1240. The fourth-order valence-electron chi connectivity index (χ4n) is 4.42. The van der Waals surface area contributed by atoms with Gasteiger partial charge in [0.05, 0.1) is 11.1 Å². The van der Waals surface area contributed by atoms with E-state index in [1.807, 2.05) is 6.92 Å². The van der Waals surface area contributed by atoms with Crippen molar-refractivity contribution in [3.05, 3.63) is 52.4 Å². The number of carbonyl (C=O) groups is 1. The number of alkyl halides is 3. The Balaban J connectivity index is 1.70. The molecule has 1 atom stereocenters. The van der Waals surface area contributed by atoms with E-state index in [-0.39, 0.29) is 29.9 Å². The minimum absolute atomic E-state index is 0.219. The topological polar surface area (TPSA) is 126 Å². The molecule has 0 bridgehead atoms. The van der Waals surface area contributed by atoms with Gasteiger partial charge in [-0.05, 0) is 43.0 Å². The molecule has 4 rings (SSSR count). The summed E-state index contributed by atoms with van der Waals surface area (Å²) >= 11 is 0. The van der Waals surface area contributed by atoms with Crippen LogP contribution in [0.4, 0.5) is 29.5 Å². The first-order chi connectivity index (χ1) is 16.1. The lowest BCUT2D eigenvalue weighted by atomic mass is 9.85. The summed E-state index contributed by atoms with van der Waals surface area (Å²) in [4.78, 5) is 27.8. The van der Waals surface area contributed by atoms with Crippen LogP contribution in [0, 0.1) is 0 Å². The van der Waals surface area contributed by atoms with E-state index in [1.54, 1.807) is 10.7 Å².